The maximum atomic E-state index is 5.28. The molecular weight excluding hydrogens is 574 g/mol. The highest BCUT2D eigenvalue weighted by molar-refractivity contribution is 6.09. The van der Waals surface area contributed by atoms with Gasteiger partial charge in [0.05, 0.1) is 28.1 Å². The summed E-state index contributed by atoms with van der Waals surface area (Å²) in [4.78, 5) is 18.0. The molecule has 0 amide bonds. The summed E-state index contributed by atoms with van der Waals surface area (Å²) < 4.78 is 2.17. The Bertz CT molecular complexity index is 2360. The van der Waals surface area contributed by atoms with Crippen LogP contribution in [-0.2, 0) is 5.41 Å². The van der Waals surface area contributed by atoms with Gasteiger partial charge in [0, 0.05) is 27.3 Å². The first-order chi connectivity index (χ1) is 23.1. The summed E-state index contributed by atoms with van der Waals surface area (Å²) >= 11 is 0. The van der Waals surface area contributed by atoms with E-state index in [1.807, 2.05) is 18.2 Å². The van der Waals surface area contributed by atoms with Crippen LogP contribution in [-0.4, -0.2) is 19.5 Å². The lowest BCUT2D eigenvalue weighted by molar-refractivity contribution is 0.632. The standard InChI is InChI=1S/C42H31N5/c1-42(2)32-21-9-14-26-37(32)46(38-27-15-10-22-33(38)42)36-25-13-8-20-31(36)40-43-39(28-16-4-3-5-17-28)44-41(45-40)47-34-23-11-6-18-29(34)30-19-7-12-24-35(30)47/h3-27H,1-2H3. The highest BCUT2D eigenvalue weighted by Crippen LogP contribution is 2.53. The maximum Gasteiger partial charge on any atom is 0.238 e. The van der Waals surface area contributed by atoms with E-state index in [0.29, 0.717) is 17.6 Å². The normalized spacial score (nSPS) is 13.4. The van der Waals surface area contributed by atoms with Gasteiger partial charge in [0.2, 0.25) is 5.95 Å². The van der Waals surface area contributed by atoms with Gasteiger partial charge in [-0.05, 0) is 47.5 Å². The average Bonchev–Trinajstić information content (AvgIpc) is 3.47. The molecule has 0 radical (unpaired) electrons. The van der Waals surface area contributed by atoms with E-state index in [9.17, 15) is 0 Å². The number of anilines is 3. The molecule has 1 aliphatic heterocycles. The van der Waals surface area contributed by atoms with Crippen molar-refractivity contribution in [2.24, 2.45) is 0 Å². The van der Waals surface area contributed by atoms with Crippen molar-refractivity contribution in [3.05, 3.63) is 163 Å². The lowest BCUT2D eigenvalue weighted by Crippen LogP contribution is -2.30. The number of hydrogen-bond donors (Lipinski definition) is 0. The number of fused-ring (bicyclic) bond motifs is 5. The van der Waals surface area contributed by atoms with Gasteiger partial charge in [0.1, 0.15) is 0 Å². The molecule has 0 spiro atoms. The van der Waals surface area contributed by atoms with Gasteiger partial charge < -0.3 is 4.90 Å². The maximum absolute atomic E-state index is 5.28. The van der Waals surface area contributed by atoms with Crippen LogP contribution in [0.2, 0.25) is 0 Å². The second-order valence-electron chi connectivity index (χ2n) is 12.5. The molecule has 9 rings (SSSR count). The van der Waals surface area contributed by atoms with E-state index >= 15 is 0 Å². The fourth-order valence-corrected chi connectivity index (χ4v) is 7.23. The van der Waals surface area contributed by atoms with Crippen molar-refractivity contribution >= 4 is 38.9 Å². The van der Waals surface area contributed by atoms with E-state index in [1.165, 1.54) is 11.1 Å². The van der Waals surface area contributed by atoms with Crippen LogP contribution in [0.3, 0.4) is 0 Å². The van der Waals surface area contributed by atoms with Crippen LogP contribution in [0.1, 0.15) is 25.0 Å². The van der Waals surface area contributed by atoms with E-state index in [2.05, 4.69) is 157 Å². The molecule has 47 heavy (non-hydrogen) atoms. The van der Waals surface area contributed by atoms with Crippen LogP contribution in [0.15, 0.2) is 152 Å². The smallest absolute Gasteiger partial charge is 0.238 e. The van der Waals surface area contributed by atoms with Crippen molar-refractivity contribution in [3.8, 4) is 28.7 Å². The van der Waals surface area contributed by atoms with Gasteiger partial charge in [-0.3, -0.25) is 4.57 Å². The van der Waals surface area contributed by atoms with Crippen molar-refractivity contribution in [2.75, 3.05) is 4.90 Å². The number of para-hydroxylation sites is 5. The fourth-order valence-electron chi connectivity index (χ4n) is 7.23. The van der Waals surface area contributed by atoms with Crippen LogP contribution in [0.25, 0.3) is 50.5 Å². The molecule has 0 aliphatic carbocycles. The van der Waals surface area contributed by atoms with Gasteiger partial charge in [0.15, 0.2) is 11.6 Å². The largest absolute Gasteiger partial charge is 0.309 e. The van der Waals surface area contributed by atoms with Crippen LogP contribution in [0.4, 0.5) is 17.1 Å². The summed E-state index contributed by atoms with van der Waals surface area (Å²) in [5.74, 6) is 1.83. The molecule has 6 aromatic carbocycles. The van der Waals surface area contributed by atoms with E-state index < -0.39 is 0 Å². The minimum absolute atomic E-state index is 0.157. The third kappa shape index (κ3) is 4.20. The summed E-state index contributed by atoms with van der Waals surface area (Å²) in [6, 6.07) is 53.0. The second kappa shape index (κ2) is 10.5. The molecule has 0 saturated heterocycles. The van der Waals surface area contributed by atoms with Crippen molar-refractivity contribution in [2.45, 2.75) is 19.3 Å². The Morgan fingerprint density at radius 3 is 1.57 bits per heavy atom. The molecule has 3 heterocycles. The third-order valence-electron chi connectivity index (χ3n) is 9.46. The number of benzene rings is 6. The SMILES string of the molecule is CC1(C)c2ccccc2N(c2ccccc2-c2nc(-c3ccccc3)nc(-n3c4ccccc4c4ccccc43)n2)c2ccccc21. The lowest BCUT2D eigenvalue weighted by atomic mass is 9.73. The fraction of sp³-hybridized carbons (Fsp3) is 0.0714. The lowest BCUT2D eigenvalue weighted by Gasteiger charge is -2.42. The first kappa shape index (κ1) is 27.3. The van der Waals surface area contributed by atoms with E-state index in [1.54, 1.807) is 0 Å². The zero-order valence-corrected chi connectivity index (χ0v) is 26.2. The molecule has 0 saturated carbocycles. The van der Waals surface area contributed by atoms with Crippen molar-refractivity contribution in [1.82, 2.24) is 19.5 Å². The predicted molar refractivity (Wildman–Crippen MR) is 192 cm³/mol. The molecule has 8 aromatic rings. The average molecular weight is 606 g/mol. The third-order valence-corrected chi connectivity index (χ3v) is 9.46. The first-order valence-electron chi connectivity index (χ1n) is 16.0. The van der Waals surface area contributed by atoms with Crippen LogP contribution < -0.4 is 4.90 Å². The Morgan fingerprint density at radius 2 is 0.936 bits per heavy atom. The van der Waals surface area contributed by atoms with Gasteiger partial charge in [-0.25, -0.2) is 4.98 Å². The molecular formula is C42H31N5. The minimum Gasteiger partial charge on any atom is -0.309 e. The quantitative estimate of drug-likeness (QED) is 0.200. The molecule has 0 bridgehead atoms. The van der Waals surface area contributed by atoms with Gasteiger partial charge in [-0.1, -0.05) is 129 Å². The zero-order valence-electron chi connectivity index (χ0n) is 26.2. The summed E-state index contributed by atoms with van der Waals surface area (Å²) in [6.07, 6.45) is 0. The molecule has 5 heteroatoms. The second-order valence-corrected chi connectivity index (χ2v) is 12.5. The number of aromatic nitrogens is 4. The van der Waals surface area contributed by atoms with E-state index in [-0.39, 0.29) is 5.41 Å². The highest BCUT2D eigenvalue weighted by atomic mass is 15.2. The van der Waals surface area contributed by atoms with E-state index in [0.717, 1.165) is 50.0 Å². The summed E-state index contributed by atoms with van der Waals surface area (Å²) in [5, 5.41) is 2.33. The number of rotatable bonds is 4. The summed E-state index contributed by atoms with van der Waals surface area (Å²) in [5.41, 5.74) is 9.70. The number of nitrogens with zero attached hydrogens (tertiary/aromatic N) is 5. The highest BCUT2D eigenvalue weighted by Gasteiger charge is 2.37. The molecule has 0 atom stereocenters. The Hall–Kier alpha value is -6.07. The van der Waals surface area contributed by atoms with Gasteiger partial charge >= 0.3 is 0 Å². The molecule has 2 aromatic heterocycles. The van der Waals surface area contributed by atoms with E-state index in [4.69, 9.17) is 15.0 Å². The van der Waals surface area contributed by atoms with Crippen LogP contribution >= 0.6 is 0 Å². The summed E-state index contributed by atoms with van der Waals surface area (Å²) in [7, 11) is 0. The van der Waals surface area contributed by atoms with Gasteiger partial charge in [-0.15, -0.1) is 0 Å². The van der Waals surface area contributed by atoms with Crippen LogP contribution in [0, 0.1) is 0 Å². The molecule has 0 N–H and O–H groups in total. The molecule has 0 fully saturated rings. The topological polar surface area (TPSA) is 46.8 Å². The molecule has 224 valence electrons. The van der Waals surface area contributed by atoms with Gasteiger partial charge in [0.25, 0.3) is 0 Å². The Balaban J connectivity index is 1.33. The predicted octanol–water partition coefficient (Wildman–Crippen LogP) is 10.4. The summed E-state index contributed by atoms with van der Waals surface area (Å²) in [6.45, 7) is 4.62. The monoisotopic (exact) mass is 605 g/mol. The van der Waals surface area contributed by atoms with Crippen molar-refractivity contribution < 1.29 is 0 Å². The molecule has 1 aliphatic rings. The number of hydrogen-bond acceptors (Lipinski definition) is 4. The van der Waals surface area contributed by atoms with Crippen LogP contribution in [0.5, 0.6) is 0 Å². The Labute approximate surface area is 273 Å². The molecule has 5 nitrogen and oxygen atoms in total. The Morgan fingerprint density at radius 1 is 0.447 bits per heavy atom. The Kier molecular flexibility index (Phi) is 6.09. The van der Waals surface area contributed by atoms with Gasteiger partial charge in [-0.2, -0.15) is 9.97 Å². The van der Waals surface area contributed by atoms with Crippen molar-refractivity contribution in [1.29, 1.82) is 0 Å². The van der Waals surface area contributed by atoms with Crippen molar-refractivity contribution in [3.63, 3.8) is 0 Å². The molecule has 0 unspecified atom stereocenters. The zero-order chi connectivity index (χ0) is 31.5. The minimum atomic E-state index is -0.157. The first-order valence-corrected chi connectivity index (χ1v) is 16.0.